The summed E-state index contributed by atoms with van der Waals surface area (Å²) in [5.74, 6) is -1.38. The van der Waals surface area contributed by atoms with Gasteiger partial charge in [0, 0.05) is 117 Å². The summed E-state index contributed by atoms with van der Waals surface area (Å²) in [4.78, 5) is 136. The molecule has 4 amide bonds. The topological polar surface area (TPSA) is 366 Å². The van der Waals surface area contributed by atoms with Gasteiger partial charge >= 0.3 is 30.4 Å². The Morgan fingerprint density at radius 3 is 0.719 bits per heavy atom. The molecule has 64 heavy (non-hydrogen) atoms. The van der Waals surface area contributed by atoms with Gasteiger partial charge in [-0.05, 0) is 26.2 Å². The van der Waals surface area contributed by atoms with Gasteiger partial charge in [-0.25, -0.2) is 0 Å². The Balaban J connectivity index is 5.91. The van der Waals surface area contributed by atoms with Crippen LogP contribution in [0.2, 0.25) is 0 Å². The molecule has 0 saturated heterocycles. The monoisotopic (exact) mass is 1000 g/mol. The second-order valence-corrected chi connectivity index (χ2v) is 21.6. The molecule has 0 saturated carbocycles. The number of hydrogen-bond donors (Lipinski definition) is 12. The molecule has 0 spiro atoms. The molecule has 0 aliphatic heterocycles. The van der Waals surface area contributed by atoms with Crippen LogP contribution in [0.15, 0.2) is 0 Å². The van der Waals surface area contributed by atoms with E-state index in [1.54, 1.807) is 4.90 Å². The lowest BCUT2D eigenvalue weighted by Crippen LogP contribution is -2.42. The number of amides is 4. The summed E-state index contributed by atoms with van der Waals surface area (Å²) in [7, 11) is -18.8. The van der Waals surface area contributed by atoms with Gasteiger partial charge in [-0.15, -0.1) is 0 Å². The third-order valence-electron chi connectivity index (χ3n) is 9.68. The van der Waals surface area contributed by atoms with Crippen LogP contribution in [0.4, 0.5) is 0 Å². The van der Waals surface area contributed by atoms with Crippen molar-refractivity contribution in [2.75, 3.05) is 143 Å². The van der Waals surface area contributed by atoms with Crippen molar-refractivity contribution in [3.8, 4) is 0 Å². The smallest absolute Gasteiger partial charge is 0.339 e. The average molecular weight is 1000 g/mol. The number of likely N-dealkylation sites (N-methyl/N-ethyl adjacent to an activating group) is 2. The molecule has 0 radical (unpaired) electrons. The van der Waals surface area contributed by atoms with Crippen molar-refractivity contribution in [2.24, 2.45) is 0 Å². The van der Waals surface area contributed by atoms with Crippen LogP contribution >= 0.6 is 30.4 Å². The van der Waals surface area contributed by atoms with Crippen LogP contribution in [-0.4, -0.2) is 235 Å². The maximum Gasteiger partial charge on any atom is 0.339 e. The van der Waals surface area contributed by atoms with E-state index in [1.165, 1.54) is 0 Å². The standard InChI is InChI=1S/C34H76N10O16P4/c1-5-39(6-2)21-13-35-31(45)9-17-41(18-10-32(46)36-14-22-40(7-3)8-4)25-26-42(19-11-33(47)37-15-23-43(27-61(49,50)51)28-62(52,53)54)20-12-34(48)38-16-24-44(29-63(55,56)57)30-64(58,59)60/h5-30H2,1-4H3,(H,35,45)(H,36,46)(H,37,47)(H,38,48)(H2,49,50,51)(H2,52,53,54)(H2,55,56,57)(H2,58,59,60). The summed E-state index contributed by atoms with van der Waals surface area (Å²) < 4.78 is 46.0. The molecule has 12 N–H and O–H groups in total. The summed E-state index contributed by atoms with van der Waals surface area (Å²) >= 11 is 0. The van der Waals surface area contributed by atoms with Gasteiger partial charge in [-0.3, -0.25) is 47.2 Å². The normalized spacial score (nSPS) is 12.8. The molecular formula is C34H76N10O16P4. The molecule has 0 bridgehead atoms. The fraction of sp³-hybridized carbons (Fsp3) is 0.882. The van der Waals surface area contributed by atoms with Gasteiger partial charge in [0.1, 0.15) is 25.1 Å². The SMILES string of the molecule is CCN(CC)CCNC(=O)CCN(CCC(=O)NCCN(CC)CC)CCN(CCC(=O)NCCN(CP(=O)(O)O)CP(=O)(O)O)CCC(=O)NCCN(CP(=O)(O)O)CP(=O)(O)O. The first-order valence-electron chi connectivity index (χ1n) is 21.3. The van der Waals surface area contributed by atoms with Crippen molar-refractivity contribution in [3.05, 3.63) is 0 Å². The van der Waals surface area contributed by atoms with E-state index in [0.29, 0.717) is 32.7 Å². The third-order valence-corrected chi connectivity index (χ3v) is 12.8. The summed E-state index contributed by atoms with van der Waals surface area (Å²) in [5, 5.41) is 11.0. The van der Waals surface area contributed by atoms with Gasteiger partial charge in [0.05, 0.1) is 0 Å². The zero-order valence-electron chi connectivity index (χ0n) is 37.7. The molecule has 0 unspecified atom stereocenters. The van der Waals surface area contributed by atoms with Crippen molar-refractivity contribution in [3.63, 3.8) is 0 Å². The molecule has 0 aliphatic carbocycles. The Kier molecular flexibility index (Phi) is 32.0. The van der Waals surface area contributed by atoms with E-state index >= 15 is 0 Å². The second kappa shape index (κ2) is 32.9. The zero-order chi connectivity index (χ0) is 49.0. The quantitative estimate of drug-likeness (QED) is 0.0282. The molecule has 30 heteroatoms. The minimum atomic E-state index is -4.69. The van der Waals surface area contributed by atoms with Gasteiger partial charge in [-0.2, -0.15) is 0 Å². The van der Waals surface area contributed by atoms with E-state index in [0.717, 1.165) is 36.0 Å². The maximum atomic E-state index is 12.9. The highest BCUT2D eigenvalue weighted by molar-refractivity contribution is 7.53. The first kappa shape index (κ1) is 62.2. The number of carbonyl (C=O) groups excluding carboxylic acids is 4. The number of hydrogen-bond acceptors (Lipinski definition) is 14. The van der Waals surface area contributed by atoms with Crippen LogP contribution in [0.25, 0.3) is 0 Å². The molecular weight excluding hydrogens is 928 g/mol. The van der Waals surface area contributed by atoms with Crippen LogP contribution < -0.4 is 21.3 Å². The van der Waals surface area contributed by atoms with Crippen LogP contribution in [0.1, 0.15) is 53.4 Å². The highest BCUT2D eigenvalue weighted by Crippen LogP contribution is 2.41. The molecule has 0 rings (SSSR count). The predicted octanol–water partition coefficient (Wildman–Crippen LogP) is -2.56. The summed E-state index contributed by atoms with van der Waals surface area (Å²) in [5.41, 5.74) is 0. The molecule has 378 valence electrons. The Bertz CT molecular complexity index is 1400. The highest BCUT2D eigenvalue weighted by atomic mass is 31.2. The van der Waals surface area contributed by atoms with Crippen molar-refractivity contribution in [1.29, 1.82) is 0 Å². The van der Waals surface area contributed by atoms with Gasteiger partial charge in [-0.1, -0.05) is 27.7 Å². The van der Waals surface area contributed by atoms with E-state index in [9.17, 15) is 76.6 Å². The third kappa shape index (κ3) is 37.3. The van der Waals surface area contributed by atoms with Crippen molar-refractivity contribution in [1.82, 2.24) is 50.7 Å². The Hall–Kier alpha value is -1.76. The molecule has 0 aliphatic rings. The van der Waals surface area contributed by atoms with E-state index in [4.69, 9.17) is 0 Å². The Labute approximate surface area is 376 Å². The van der Waals surface area contributed by atoms with Gasteiger partial charge < -0.3 is 80.0 Å². The van der Waals surface area contributed by atoms with Crippen molar-refractivity contribution < 1.29 is 76.6 Å². The Morgan fingerprint density at radius 1 is 0.328 bits per heavy atom. The van der Waals surface area contributed by atoms with E-state index in [2.05, 4.69) is 31.1 Å². The summed E-state index contributed by atoms with van der Waals surface area (Å²) in [6.45, 7) is 14.1. The molecule has 0 aromatic rings. The zero-order valence-corrected chi connectivity index (χ0v) is 41.3. The maximum absolute atomic E-state index is 12.9. The Morgan fingerprint density at radius 2 is 0.531 bits per heavy atom. The van der Waals surface area contributed by atoms with E-state index < -0.39 is 67.3 Å². The minimum Gasteiger partial charge on any atom is -0.355 e. The fourth-order valence-corrected chi connectivity index (χ4v) is 9.62. The molecule has 0 atom stereocenters. The van der Waals surface area contributed by atoms with Gasteiger partial charge in [0.2, 0.25) is 23.6 Å². The van der Waals surface area contributed by atoms with E-state index in [-0.39, 0.29) is 96.4 Å². The summed E-state index contributed by atoms with van der Waals surface area (Å²) in [6.07, 6.45) is -3.78. The number of nitrogens with zero attached hydrogens (tertiary/aromatic N) is 6. The van der Waals surface area contributed by atoms with E-state index in [1.807, 2.05) is 32.6 Å². The first-order chi connectivity index (χ1) is 29.7. The summed E-state index contributed by atoms with van der Waals surface area (Å²) in [6, 6.07) is 0. The number of nitrogens with one attached hydrogen (secondary N) is 4. The van der Waals surface area contributed by atoms with Gasteiger partial charge in [0.25, 0.3) is 0 Å². The largest absolute Gasteiger partial charge is 0.355 e. The minimum absolute atomic E-state index is 0.0810. The lowest BCUT2D eigenvalue weighted by atomic mass is 10.2. The number of carbonyl (C=O) groups is 4. The van der Waals surface area contributed by atoms with Crippen molar-refractivity contribution >= 4 is 54.0 Å². The molecule has 0 aromatic carbocycles. The number of rotatable bonds is 39. The first-order valence-corrected chi connectivity index (χ1v) is 28.5. The van der Waals surface area contributed by atoms with Crippen LogP contribution in [0, 0.1) is 0 Å². The van der Waals surface area contributed by atoms with Gasteiger partial charge in [0.15, 0.2) is 0 Å². The van der Waals surface area contributed by atoms with Crippen molar-refractivity contribution in [2.45, 2.75) is 53.4 Å². The fourth-order valence-electron chi connectivity index (χ4n) is 6.25. The van der Waals surface area contributed by atoms with Crippen LogP contribution in [-0.2, 0) is 37.4 Å². The molecule has 0 fully saturated rings. The second-order valence-electron chi connectivity index (χ2n) is 15.2. The van der Waals surface area contributed by atoms with Crippen LogP contribution in [0.3, 0.4) is 0 Å². The molecule has 0 heterocycles. The molecule has 26 nitrogen and oxygen atoms in total. The van der Waals surface area contributed by atoms with Crippen LogP contribution in [0.5, 0.6) is 0 Å². The average Bonchev–Trinajstić information content (AvgIpc) is 3.15. The lowest BCUT2D eigenvalue weighted by Gasteiger charge is -2.28. The highest BCUT2D eigenvalue weighted by Gasteiger charge is 2.27. The predicted molar refractivity (Wildman–Crippen MR) is 240 cm³/mol. The lowest BCUT2D eigenvalue weighted by molar-refractivity contribution is -0.123. The molecule has 0 aromatic heterocycles.